The van der Waals surface area contributed by atoms with Crippen LogP contribution in [0.15, 0.2) is 52.3 Å². The number of rotatable bonds is 3. The topological polar surface area (TPSA) is 87.3 Å². The minimum atomic E-state index is -3.90. The standard InChI is InChI=1S/C15H14FN3O3S2/c1-23-11-4-2-3-10(8-11)17-15(20)14-18-12-7-9(16)5-6-13(12)24(21,22)19-14/h2-8,14,18-19H,1H3,(H,17,20)/t14-/m1/s1. The molecule has 0 aliphatic carbocycles. The van der Waals surface area contributed by atoms with E-state index in [1.807, 2.05) is 12.3 Å². The number of carbonyl (C=O) groups is 1. The van der Waals surface area contributed by atoms with E-state index >= 15 is 0 Å². The SMILES string of the molecule is CSc1cccc(NC(=O)[C@@H]2Nc3cc(F)ccc3S(=O)(=O)N2)c1. The Balaban J connectivity index is 1.84. The molecule has 0 unspecified atom stereocenters. The number of hydrogen-bond donors (Lipinski definition) is 3. The van der Waals surface area contributed by atoms with Crippen molar-refractivity contribution in [1.29, 1.82) is 0 Å². The molecule has 1 aliphatic heterocycles. The first-order chi connectivity index (χ1) is 11.4. The van der Waals surface area contributed by atoms with Gasteiger partial charge >= 0.3 is 0 Å². The number of hydrogen-bond acceptors (Lipinski definition) is 5. The maximum Gasteiger partial charge on any atom is 0.262 e. The van der Waals surface area contributed by atoms with Crippen LogP contribution in [-0.4, -0.2) is 26.7 Å². The summed E-state index contributed by atoms with van der Waals surface area (Å²) in [6, 6.07) is 10.4. The summed E-state index contributed by atoms with van der Waals surface area (Å²) in [7, 11) is -3.90. The first-order valence-electron chi connectivity index (χ1n) is 6.92. The van der Waals surface area contributed by atoms with Crippen LogP contribution in [0, 0.1) is 5.82 Å². The Morgan fingerprint density at radius 2 is 2.04 bits per heavy atom. The minimum absolute atomic E-state index is 0.0479. The number of sulfonamides is 1. The summed E-state index contributed by atoms with van der Waals surface area (Å²) in [5.74, 6) is -1.18. The highest BCUT2D eigenvalue weighted by atomic mass is 32.2. The molecule has 3 N–H and O–H groups in total. The molecule has 9 heteroatoms. The minimum Gasteiger partial charge on any atom is -0.360 e. The molecule has 0 fully saturated rings. The number of benzene rings is 2. The van der Waals surface area contributed by atoms with E-state index in [4.69, 9.17) is 0 Å². The van der Waals surface area contributed by atoms with Crippen LogP contribution in [0.5, 0.6) is 0 Å². The first kappa shape index (κ1) is 16.7. The van der Waals surface area contributed by atoms with Crippen molar-refractivity contribution in [2.75, 3.05) is 16.9 Å². The maximum absolute atomic E-state index is 13.3. The number of nitrogens with one attached hydrogen (secondary N) is 3. The molecule has 0 radical (unpaired) electrons. The van der Waals surface area contributed by atoms with E-state index in [1.165, 1.54) is 11.8 Å². The van der Waals surface area contributed by atoms with Gasteiger partial charge in [-0.15, -0.1) is 11.8 Å². The molecule has 3 rings (SSSR count). The van der Waals surface area contributed by atoms with E-state index in [0.29, 0.717) is 5.69 Å². The van der Waals surface area contributed by atoms with Crippen molar-refractivity contribution in [2.24, 2.45) is 0 Å². The van der Waals surface area contributed by atoms with Gasteiger partial charge in [-0.3, -0.25) is 4.79 Å². The molecule has 0 saturated heterocycles. The lowest BCUT2D eigenvalue weighted by Crippen LogP contribution is -2.51. The van der Waals surface area contributed by atoms with E-state index < -0.39 is 27.9 Å². The molecule has 1 amide bonds. The number of carbonyl (C=O) groups excluding carboxylic acids is 1. The maximum atomic E-state index is 13.3. The van der Waals surface area contributed by atoms with Gasteiger partial charge in [0.2, 0.25) is 10.0 Å². The summed E-state index contributed by atoms with van der Waals surface area (Å²) in [5.41, 5.74) is 0.588. The van der Waals surface area contributed by atoms with Crippen LogP contribution in [0.25, 0.3) is 0 Å². The second-order valence-electron chi connectivity index (χ2n) is 5.06. The number of halogens is 1. The summed E-state index contributed by atoms with van der Waals surface area (Å²) in [6.07, 6.45) is 0.672. The van der Waals surface area contributed by atoms with E-state index in [1.54, 1.807) is 18.2 Å². The first-order valence-corrected chi connectivity index (χ1v) is 9.63. The zero-order valence-electron chi connectivity index (χ0n) is 12.5. The highest BCUT2D eigenvalue weighted by Gasteiger charge is 2.33. The predicted octanol–water partition coefficient (Wildman–Crippen LogP) is 2.22. The van der Waals surface area contributed by atoms with E-state index in [-0.39, 0.29) is 10.6 Å². The van der Waals surface area contributed by atoms with Crippen LogP contribution in [0.1, 0.15) is 0 Å². The van der Waals surface area contributed by atoms with Crippen LogP contribution in [0.3, 0.4) is 0 Å². The number of amides is 1. The monoisotopic (exact) mass is 367 g/mol. The average Bonchev–Trinajstić information content (AvgIpc) is 2.53. The molecule has 0 bridgehead atoms. The van der Waals surface area contributed by atoms with Gasteiger partial charge in [-0.1, -0.05) is 6.07 Å². The van der Waals surface area contributed by atoms with Crippen molar-refractivity contribution >= 4 is 39.1 Å². The van der Waals surface area contributed by atoms with Gasteiger partial charge in [-0.25, -0.2) is 12.8 Å². The van der Waals surface area contributed by atoms with Gasteiger partial charge < -0.3 is 10.6 Å². The molecule has 0 saturated carbocycles. The second-order valence-corrected chi connectivity index (χ2v) is 7.62. The number of anilines is 2. The normalized spacial score (nSPS) is 18.3. The highest BCUT2D eigenvalue weighted by molar-refractivity contribution is 7.98. The zero-order chi connectivity index (χ0) is 17.3. The van der Waals surface area contributed by atoms with Gasteiger partial charge in [0.05, 0.1) is 5.69 Å². The van der Waals surface area contributed by atoms with Crippen molar-refractivity contribution in [2.45, 2.75) is 16.0 Å². The molecule has 0 aromatic heterocycles. The summed E-state index contributed by atoms with van der Waals surface area (Å²) in [6.45, 7) is 0. The lowest BCUT2D eigenvalue weighted by molar-refractivity contribution is -0.117. The Kier molecular flexibility index (Phi) is 4.48. The van der Waals surface area contributed by atoms with Crippen LogP contribution in [-0.2, 0) is 14.8 Å². The lowest BCUT2D eigenvalue weighted by atomic mass is 10.2. The zero-order valence-corrected chi connectivity index (χ0v) is 14.2. The Bertz CT molecular complexity index is 903. The van der Waals surface area contributed by atoms with Crippen LogP contribution in [0.2, 0.25) is 0 Å². The van der Waals surface area contributed by atoms with E-state index in [0.717, 1.165) is 23.1 Å². The third-order valence-corrected chi connectivity index (χ3v) is 5.61. The summed E-state index contributed by atoms with van der Waals surface area (Å²) in [5, 5.41) is 5.33. The fourth-order valence-corrected chi connectivity index (χ4v) is 4.00. The van der Waals surface area contributed by atoms with Crippen molar-refractivity contribution in [1.82, 2.24) is 4.72 Å². The molecule has 126 valence electrons. The molecule has 6 nitrogen and oxygen atoms in total. The van der Waals surface area contributed by atoms with Gasteiger partial charge in [-0.2, -0.15) is 4.72 Å². The Hall–Kier alpha value is -2.10. The van der Waals surface area contributed by atoms with Gasteiger partial charge in [0.15, 0.2) is 6.17 Å². The Morgan fingerprint density at radius 1 is 1.25 bits per heavy atom. The largest absolute Gasteiger partial charge is 0.360 e. The van der Waals surface area contributed by atoms with Crippen molar-refractivity contribution in [3.8, 4) is 0 Å². The fourth-order valence-electron chi connectivity index (χ4n) is 2.29. The second kappa shape index (κ2) is 6.42. The molecule has 1 aliphatic rings. The lowest BCUT2D eigenvalue weighted by Gasteiger charge is -2.27. The third kappa shape index (κ3) is 3.37. The average molecular weight is 367 g/mol. The smallest absolute Gasteiger partial charge is 0.262 e. The van der Waals surface area contributed by atoms with Gasteiger partial charge in [0.25, 0.3) is 5.91 Å². The summed E-state index contributed by atoms with van der Waals surface area (Å²) < 4.78 is 40.0. The molecular weight excluding hydrogens is 353 g/mol. The summed E-state index contributed by atoms with van der Waals surface area (Å²) in [4.78, 5) is 13.2. The van der Waals surface area contributed by atoms with Crippen molar-refractivity contribution in [3.05, 3.63) is 48.3 Å². The molecule has 1 atom stereocenters. The van der Waals surface area contributed by atoms with Crippen molar-refractivity contribution < 1.29 is 17.6 Å². The van der Waals surface area contributed by atoms with Crippen LogP contribution >= 0.6 is 11.8 Å². The number of thioether (sulfide) groups is 1. The van der Waals surface area contributed by atoms with Gasteiger partial charge in [0, 0.05) is 10.6 Å². The quantitative estimate of drug-likeness (QED) is 0.724. The number of fused-ring (bicyclic) bond motifs is 1. The highest BCUT2D eigenvalue weighted by Crippen LogP contribution is 2.27. The van der Waals surface area contributed by atoms with E-state index in [2.05, 4.69) is 15.4 Å². The molecule has 1 heterocycles. The third-order valence-electron chi connectivity index (χ3n) is 3.40. The molecule has 2 aromatic rings. The molecule has 0 spiro atoms. The Labute approximate surface area is 142 Å². The van der Waals surface area contributed by atoms with E-state index in [9.17, 15) is 17.6 Å². The fraction of sp³-hybridized carbons (Fsp3) is 0.133. The van der Waals surface area contributed by atoms with Crippen molar-refractivity contribution in [3.63, 3.8) is 0 Å². The van der Waals surface area contributed by atoms with Crippen LogP contribution < -0.4 is 15.4 Å². The molecule has 2 aromatic carbocycles. The predicted molar refractivity (Wildman–Crippen MR) is 91.0 cm³/mol. The van der Waals surface area contributed by atoms with Crippen LogP contribution in [0.4, 0.5) is 15.8 Å². The Morgan fingerprint density at radius 3 is 2.79 bits per heavy atom. The summed E-state index contributed by atoms with van der Waals surface area (Å²) >= 11 is 1.52. The van der Waals surface area contributed by atoms with Gasteiger partial charge in [-0.05, 0) is 42.7 Å². The molecule has 24 heavy (non-hydrogen) atoms. The van der Waals surface area contributed by atoms with Gasteiger partial charge in [0.1, 0.15) is 10.7 Å². The molecular formula is C15H14FN3O3S2.